The predicted molar refractivity (Wildman–Crippen MR) is 101 cm³/mol. The summed E-state index contributed by atoms with van der Waals surface area (Å²) in [4.78, 5) is 22.4. The molecule has 130 valence electrons. The number of anilines is 1. The summed E-state index contributed by atoms with van der Waals surface area (Å²) in [6, 6.07) is 19.8. The summed E-state index contributed by atoms with van der Waals surface area (Å²) >= 11 is 0. The summed E-state index contributed by atoms with van der Waals surface area (Å²) in [6.45, 7) is 0.0300. The third kappa shape index (κ3) is 4.02. The molecule has 0 fully saturated rings. The van der Waals surface area contributed by atoms with Crippen LogP contribution in [0.3, 0.4) is 0 Å². The minimum absolute atomic E-state index is 0.0300. The van der Waals surface area contributed by atoms with Crippen LogP contribution in [-0.4, -0.2) is 23.6 Å². The fraction of sp³-hybridized carbons (Fsp3) is 0.0526. The van der Waals surface area contributed by atoms with Crippen molar-refractivity contribution in [3.05, 3.63) is 82.4 Å². The number of para-hydroxylation sites is 1. The highest BCUT2D eigenvalue weighted by Gasteiger charge is 2.10. The van der Waals surface area contributed by atoms with Crippen LogP contribution in [-0.2, 0) is 4.79 Å². The Kier molecular flexibility index (Phi) is 5.19. The highest BCUT2D eigenvalue weighted by molar-refractivity contribution is 5.95. The van der Waals surface area contributed by atoms with E-state index in [0.717, 1.165) is 16.5 Å². The molecule has 0 atom stereocenters. The van der Waals surface area contributed by atoms with Crippen LogP contribution in [0.5, 0.6) is 0 Å². The number of hydrogen-bond acceptors (Lipinski definition) is 5. The van der Waals surface area contributed by atoms with Crippen LogP contribution in [0.15, 0.2) is 71.8 Å². The molecule has 0 saturated heterocycles. The van der Waals surface area contributed by atoms with Crippen LogP contribution in [0, 0.1) is 10.1 Å². The van der Waals surface area contributed by atoms with Crippen LogP contribution in [0.1, 0.15) is 5.56 Å². The molecule has 3 aromatic rings. The Bertz CT molecular complexity index is 980. The van der Waals surface area contributed by atoms with E-state index in [1.807, 2.05) is 42.5 Å². The largest absolute Gasteiger partial charge is 0.376 e. The molecule has 7 nitrogen and oxygen atoms in total. The minimum Gasteiger partial charge on any atom is -0.376 e. The van der Waals surface area contributed by atoms with E-state index in [0.29, 0.717) is 5.56 Å². The number of nitro groups is 1. The lowest BCUT2D eigenvalue weighted by Crippen LogP contribution is -2.26. The summed E-state index contributed by atoms with van der Waals surface area (Å²) < 4.78 is 0. The van der Waals surface area contributed by atoms with Gasteiger partial charge in [0, 0.05) is 17.1 Å². The summed E-state index contributed by atoms with van der Waals surface area (Å²) in [5.41, 5.74) is 3.46. The predicted octanol–water partition coefficient (Wildman–Crippen LogP) is 3.31. The molecule has 0 aromatic heterocycles. The number of nitrogens with zero attached hydrogens (tertiary/aromatic N) is 2. The van der Waals surface area contributed by atoms with Crippen molar-refractivity contribution in [1.82, 2.24) is 5.43 Å². The van der Waals surface area contributed by atoms with Gasteiger partial charge in [0.15, 0.2) is 0 Å². The number of nitrogens with one attached hydrogen (secondary N) is 2. The van der Waals surface area contributed by atoms with Gasteiger partial charge >= 0.3 is 0 Å². The molecule has 1 amide bonds. The fourth-order valence-corrected chi connectivity index (χ4v) is 2.53. The van der Waals surface area contributed by atoms with Gasteiger partial charge in [-0.3, -0.25) is 14.9 Å². The van der Waals surface area contributed by atoms with Gasteiger partial charge in [0.1, 0.15) is 0 Å². The molecule has 3 rings (SSSR count). The van der Waals surface area contributed by atoms with Gasteiger partial charge in [0.25, 0.3) is 11.6 Å². The number of amides is 1. The third-order valence-corrected chi connectivity index (χ3v) is 3.76. The second kappa shape index (κ2) is 7.89. The molecule has 0 heterocycles. The Morgan fingerprint density at radius 1 is 1.04 bits per heavy atom. The Morgan fingerprint density at radius 3 is 2.62 bits per heavy atom. The molecule has 3 aromatic carbocycles. The highest BCUT2D eigenvalue weighted by atomic mass is 16.6. The molecule has 0 aliphatic carbocycles. The molecule has 0 unspecified atom stereocenters. The van der Waals surface area contributed by atoms with Gasteiger partial charge < -0.3 is 5.32 Å². The quantitative estimate of drug-likeness (QED) is 0.406. The zero-order valence-electron chi connectivity index (χ0n) is 13.8. The Hall–Kier alpha value is -3.74. The van der Waals surface area contributed by atoms with Crippen LogP contribution >= 0.6 is 0 Å². The number of nitro benzene ring substituents is 1. The molecule has 0 spiro atoms. The van der Waals surface area contributed by atoms with Gasteiger partial charge in [-0.15, -0.1) is 0 Å². The first kappa shape index (κ1) is 17.1. The van der Waals surface area contributed by atoms with Gasteiger partial charge in [-0.2, -0.15) is 5.10 Å². The molecule has 7 heteroatoms. The van der Waals surface area contributed by atoms with Crippen molar-refractivity contribution >= 4 is 34.3 Å². The first-order chi connectivity index (χ1) is 12.6. The van der Waals surface area contributed by atoms with E-state index in [2.05, 4.69) is 15.8 Å². The van der Waals surface area contributed by atoms with E-state index in [1.54, 1.807) is 18.2 Å². The van der Waals surface area contributed by atoms with Crippen molar-refractivity contribution in [3.63, 3.8) is 0 Å². The van der Waals surface area contributed by atoms with Crippen molar-refractivity contribution in [2.24, 2.45) is 5.10 Å². The molecule has 0 aliphatic rings. The minimum atomic E-state index is -0.495. The number of rotatable bonds is 6. The number of fused-ring (bicyclic) bond motifs is 1. The van der Waals surface area contributed by atoms with Gasteiger partial charge in [0.2, 0.25) is 0 Å². The summed E-state index contributed by atoms with van der Waals surface area (Å²) in [7, 11) is 0. The molecule has 0 bridgehead atoms. The lowest BCUT2D eigenvalue weighted by molar-refractivity contribution is -0.385. The van der Waals surface area contributed by atoms with Crippen LogP contribution in [0.2, 0.25) is 0 Å². The van der Waals surface area contributed by atoms with Crippen molar-refractivity contribution < 1.29 is 9.72 Å². The van der Waals surface area contributed by atoms with Gasteiger partial charge in [0.05, 0.1) is 23.2 Å². The Balaban J connectivity index is 1.60. The summed E-state index contributed by atoms with van der Waals surface area (Å²) in [5, 5.41) is 19.9. The molecular formula is C19H16N4O3. The maximum Gasteiger partial charge on any atom is 0.278 e. The maximum atomic E-state index is 11.9. The molecule has 2 N–H and O–H groups in total. The lowest BCUT2D eigenvalue weighted by Gasteiger charge is -2.08. The van der Waals surface area contributed by atoms with Crippen LogP contribution < -0.4 is 10.7 Å². The first-order valence-electron chi connectivity index (χ1n) is 7.92. The standard InChI is InChI=1S/C19H16N4O3/c24-19(22-21-12-15-7-2-4-11-18(15)23(25)26)13-20-17-10-5-8-14-6-1-3-9-16(14)17/h1-12,20H,13H2,(H,22,24)/b21-12+. The molecule has 0 aliphatic heterocycles. The topological polar surface area (TPSA) is 96.6 Å². The smallest absolute Gasteiger partial charge is 0.278 e. The Labute approximate surface area is 149 Å². The van der Waals surface area contributed by atoms with E-state index < -0.39 is 4.92 Å². The van der Waals surface area contributed by atoms with Gasteiger partial charge in [-0.05, 0) is 17.5 Å². The molecule has 0 radical (unpaired) electrons. The zero-order valence-corrected chi connectivity index (χ0v) is 13.8. The second-order valence-electron chi connectivity index (χ2n) is 5.49. The number of hydrazone groups is 1. The number of hydrogen-bond donors (Lipinski definition) is 2. The average molecular weight is 348 g/mol. The van der Waals surface area contributed by atoms with Crippen LogP contribution in [0.4, 0.5) is 11.4 Å². The van der Waals surface area contributed by atoms with Gasteiger partial charge in [-0.25, -0.2) is 5.43 Å². The SMILES string of the molecule is O=C(CNc1cccc2ccccc12)N/N=C/c1ccccc1[N+](=O)[O-]. The third-order valence-electron chi connectivity index (χ3n) is 3.76. The van der Waals surface area contributed by atoms with Crippen molar-refractivity contribution in [1.29, 1.82) is 0 Å². The van der Waals surface area contributed by atoms with E-state index in [-0.39, 0.29) is 18.1 Å². The lowest BCUT2D eigenvalue weighted by atomic mass is 10.1. The van der Waals surface area contributed by atoms with Crippen molar-refractivity contribution in [3.8, 4) is 0 Å². The summed E-state index contributed by atoms with van der Waals surface area (Å²) in [5.74, 6) is -0.354. The van der Waals surface area contributed by atoms with E-state index in [1.165, 1.54) is 12.3 Å². The van der Waals surface area contributed by atoms with Crippen molar-refractivity contribution in [2.75, 3.05) is 11.9 Å². The van der Waals surface area contributed by atoms with E-state index in [9.17, 15) is 14.9 Å². The van der Waals surface area contributed by atoms with Crippen molar-refractivity contribution in [2.45, 2.75) is 0 Å². The normalized spacial score (nSPS) is 10.8. The second-order valence-corrected chi connectivity index (χ2v) is 5.49. The van der Waals surface area contributed by atoms with Gasteiger partial charge in [-0.1, -0.05) is 48.5 Å². The number of benzene rings is 3. The Morgan fingerprint density at radius 2 is 1.77 bits per heavy atom. The van der Waals surface area contributed by atoms with Crippen LogP contribution in [0.25, 0.3) is 10.8 Å². The summed E-state index contributed by atoms with van der Waals surface area (Å²) in [6.07, 6.45) is 1.26. The zero-order chi connectivity index (χ0) is 18.4. The van der Waals surface area contributed by atoms with E-state index >= 15 is 0 Å². The highest BCUT2D eigenvalue weighted by Crippen LogP contribution is 2.22. The first-order valence-corrected chi connectivity index (χ1v) is 7.92. The van der Waals surface area contributed by atoms with E-state index in [4.69, 9.17) is 0 Å². The number of carbonyl (C=O) groups excluding carboxylic acids is 1. The number of carbonyl (C=O) groups is 1. The fourth-order valence-electron chi connectivity index (χ4n) is 2.53. The molecule has 26 heavy (non-hydrogen) atoms. The molecular weight excluding hydrogens is 332 g/mol. The average Bonchev–Trinajstić information content (AvgIpc) is 2.66. The monoisotopic (exact) mass is 348 g/mol. The molecule has 0 saturated carbocycles. The maximum absolute atomic E-state index is 11.9.